The van der Waals surface area contributed by atoms with E-state index in [4.69, 9.17) is 21.1 Å². The van der Waals surface area contributed by atoms with Crippen LogP contribution in [0.5, 0.6) is 11.5 Å². The third-order valence-electron chi connectivity index (χ3n) is 6.04. The van der Waals surface area contributed by atoms with Gasteiger partial charge in [0, 0.05) is 30.2 Å². The Morgan fingerprint density at radius 1 is 1.13 bits per heavy atom. The van der Waals surface area contributed by atoms with Gasteiger partial charge in [0.1, 0.15) is 0 Å². The number of urea groups is 1. The van der Waals surface area contributed by atoms with Crippen LogP contribution in [-0.4, -0.2) is 50.2 Å². The highest BCUT2D eigenvalue weighted by Crippen LogP contribution is 2.38. The number of rotatable bonds is 4. The third-order valence-corrected chi connectivity index (χ3v) is 6.29. The molecule has 1 fully saturated rings. The first-order valence-corrected chi connectivity index (χ1v) is 10.7. The predicted molar refractivity (Wildman–Crippen MR) is 119 cm³/mol. The summed E-state index contributed by atoms with van der Waals surface area (Å²) in [7, 11) is 3.22. The lowest BCUT2D eigenvalue weighted by atomic mass is 9.93. The van der Waals surface area contributed by atoms with Gasteiger partial charge in [-0.1, -0.05) is 11.6 Å². The minimum Gasteiger partial charge on any atom is -0.493 e. The molecule has 1 N–H and O–H groups in total. The maximum Gasteiger partial charge on any atom is 0.318 e. The molecular weight excluding hydrogens is 418 g/mol. The molecule has 0 aromatic heterocycles. The van der Waals surface area contributed by atoms with Crippen LogP contribution >= 0.6 is 11.6 Å². The zero-order chi connectivity index (χ0) is 22.1. The molecule has 0 radical (unpaired) electrons. The zero-order valence-corrected chi connectivity index (χ0v) is 18.6. The maximum absolute atomic E-state index is 13.1. The molecule has 164 valence electrons. The van der Waals surface area contributed by atoms with Crippen molar-refractivity contribution in [3.8, 4) is 11.5 Å². The Morgan fingerprint density at radius 3 is 2.48 bits per heavy atom. The van der Waals surface area contributed by atoms with Crippen LogP contribution in [0.2, 0.25) is 5.02 Å². The summed E-state index contributed by atoms with van der Waals surface area (Å²) in [5, 5.41) is 3.66. The van der Waals surface area contributed by atoms with Gasteiger partial charge in [-0.25, -0.2) is 4.79 Å². The minimum atomic E-state index is -0.241. The summed E-state index contributed by atoms with van der Waals surface area (Å²) >= 11 is 5.94. The molecule has 2 unspecified atom stereocenters. The van der Waals surface area contributed by atoms with Gasteiger partial charge >= 0.3 is 6.03 Å². The van der Waals surface area contributed by atoms with Gasteiger partial charge in [-0.05, 0) is 60.9 Å². The van der Waals surface area contributed by atoms with E-state index in [2.05, 4.69) is 5.32 Å². The first kappa shape index (κ1) is 21.3. The number of ether oxygens (including phenoxy) is 2. The van der Waals surface area contributed by atoms with E-state index in [0.717, 1.165) is 23.2 Å². The Hall–Kier alpha value is -2.93. The van der Waals surface area contributed by atoms with Crippen LogP contribution in [0.25, 0.3) is 0 Å². The van der Waals surface area contributed by atoms with Crippen molar-refractivity contribution in [2.45, 2.75) is 31.8 Å². The fraction of sp³-hybridized carbons (Fsp3) is 0.391. The van der Waals surface area contributed by atoms with Crippen molar-refractivity contribution in [3.63, 3.8) is 0 Å². The number of hydrogen-bond donors (Lipinski definition) is 1. The summed E-state index contributed by atoms with van der Waals surface area (Å²) in [6.07, 6.45) is 1.01. The summed E-state index contributed by atoms with van der Waals surface area (Å²) in [4.78, 5) is 29.0. The molecular formula is C23H26ClN3O4. The highest BCUT2D eigenvalue weighted by molar-refractivity contribution is 6.30. The van der Waals surface area contributed by atoms with E-state index in [1.165, 1.54) is 0 Å². The third kappa shape index (κ3) is 4.14. The molecule has 0 saturated carbocycles. The van der Waals surface area contributed by atoms with E-state index in [1.54, 1.807) is 31.3 Å². The number of fused-ring (bicyclic) bond motifs is 1. The molecule has 1 saturated heterocycles. The van der Waals surface area contributed by atoms with Gasteiger partial charge in [-0.3, -0.25) is 4.79 Å². The first-order valence-electron chi connectivity index (χ1n) is 10.3. The van der Waals surface area contributed by atoms with Crippen LogP contribution in [-0.2, 0) is 11.2 Å². The van der Waals surface area contributed by atoms with E-state index in [9.17, 15) is 9.59 Å². The first-order chi connectivity index (χ1) is 14.9. The number of nitrogens with zero attached hydrogens (tertiary/aromatic N) is 2. The number of benzene rings is 2. The van der Waals surface area contributed by atoms with Crippen LogP contribution in [0.1, 0.15) is 30.5 Å². The number of amides is 3. The minimum absolute atomic E-state index is 0.0125. The molecule has 2 aromatic rings. The lowest BCUT2D eigenvalue weighted by molar-refractivity contribution is -0.117. The second-order valence-corrected chi connectivity index (χ2v) is 8.29. The van der Waals surface area contributed by atoms with Crippen molar-refractivity contribution in [2.24, 2.45) is 0 Å². The summed E-state index contributed by atoms with van der Waals surface area (Å²) < 4.78 is 10.8. The molecule has 3 amide bonds. The fourth-order valence-electron chi connectivity index (χ4n) is 4.35. The lowest BCUT2D eigenvalue weighted by Crippen LogP contribution is -2.48. The number of methoxy groups -OCH3 is 2. The second-order valence-electron chi connectivity index (χ2n) is 7.86. The number of anilines is 1. The van der Waals surface area contributed by atoms with Gasteiger partial charge in [0.2, 0.25) is 5.91 Å². The quantitative estimate of drug-likeness (QED) is 0.780. The molecule has 2 atom stereocenters. The molecule has 0 bridgehead atoms. The van der Waals surface area contributed by atoms with E-state index >= 15 is 0 Å². The fourth-order valence-corrected chi connectivity index (χ4v) is 4.48. The molecule has 2 heterocycles. The largest absolute Gasteiger partial charge is 0.493 e. The van der Waals surface area contributed by atoms with Crippen LogP contribution in [0.4, 0.5) is 10.5 Å². The summed E-state index contributed by atoms with van der Waals surface area (Å²) in [6, 6.07) is 10.6. The summed E-state index contributed by atoms with van der Waals surface area (Å²) in [5.74, 6) is 1.33. The molecule has 2 aromatic carbocycles. The normalized spacial score (nSPS) is 20.5. The van der Waals surface area contributed by atoms with Crippen LogP contribution in [0, 0.1) is 0 Å². The van der Waals surface area contributed by atoms with Gasteiger partial charge in [-0.2, -0.15) is 0 Å². The summed E-state index contributed by atoms with van der Waals surface area (Å²) in [5.41, 5.74) is 2.98. The van der Waals surface area contributed by atoms with Crippen molar-refractivity contribution in [1.82, 2.24) is 10.2 Å². The van der Waals surface area contributed by atoms with Gasteiger partial charge in [0.05, 0.1) is 26.3 Å². The van der Waals surface area contributed by atoms with Crippen LogP contribution < -0.4 is 19.7 Å². The van der Waals surface area contributed by atoms with Gasteiger partial charge in [0.15, 0.2) is 11.5 Å². The van der Waals surface area contributed by atoms with E-state index < -0.39 is 0 Å². The number of halogens is 1. The molecule has 4 rings (SSSR count). The molecule has 0 aliphatic carbocycles. The lowest BCUT2D eigenvalue weighted by Gasteiger charge is -2.36. The Bertz CT molecular complexity index is 995. The van der Waals surface area contributed by atoms with Gasteiger partial charge in [-0.15, -0.1) is 0 Å². The maximum atomic E-state index is 13.1. The average molecular weight is 444 g/mol. The zero-order valence-electron chi connectivity index (χ0n) is 17.9. The standard InChI is InChI=1S/C23H26ClN3O4/c1-14-19-12-21(31-3)20(30-2)10-15(19)8-9-26(14)23(29)25-17-11-22(28)27(13-17)18-6-4-16(24)5-7-18/h4-7,10,12,14,17H,8-9,11,13H2,1-3H3,(H,25,29). The number of carbonyl (C=O) groups is 2. The highest BCUT2D eigenvalue weighted by atomic mass is 35.5. The monoisotopic (exact) mass is 443 g/mol. The average Bonchev–Trinajstić information content (AvgIpc) is 3.13. The Kier molecular flexibility index (Phi) is 5.96. The van der Waals surface area contributed by atoms with Crippen molar-refractivity contribution in [1.29, 1.82) is 0 Å². The van der Waals surface area contributed by atoms with Crippen molar-refractivity contribution in [2.75, 3.05) is 32.2 Å². The topological polar surface area (TPSA) is 71.1 Å². The number of carbonyl (C=O) groups excluding carboxylic acids is 2. The Balaban J connectivity index is 1.45. The number of hydrogen-bond acceptors (Lipinski definition) is 4. The van der Waals surface area contributed by atoms with Crippen molar-refractivity contribution in [3.05, 3.63) is 52.5 Å². The van der Waals surface area contributed by atoms with E-state index in [1.807, 2.05) is 36.1 Å². The smallest absolute Gasteiger partial charge is 0.318 e. The van der Waals surface area contributed by atoms with Crippen LogP contribution in [0.3, 0.4) is 0 Å². The number of nitrogens with one attached hydrogen (secondary N) is 1. The SMILES string of the molecule is COc1cc2c(cc1OC)C(C)N(C(=O)NC1CC(=O)N(c3ccc(Cl)cc3)C1)CC2. The summed E-state index contributed by atoms with van der Waals surface area (Å²) in [6.45, 7) is 3.04. The molecule has 2 aliphatic rings. The predicted octanol–water partition coefficient (Wildman–Crippen LogP) is 3.79. The van der Waals surface area contributed by atoms with Gasteiger partial charge in [0.25, 0.3) is 0 Å². The Morgan fingerprint density at radius 2 is 1.81 bits per heavy atom. The van der Waals surface area contributed by atoms with E-state index in [0.29, 0.717) is 29.6 Å². The highest BCUT2D eigenvalue weighted by Gasteiger charge is 2.35. The molecule has 7 nitrogen and oxygen atoms in total. The van der Waals surface area contributed by atoms with Crippen molar-refractivity contribution >= 4 is 29.2 Å². The molecule has 2 aliphatic heterocycles. The molecule has 8 heteroatoms. The van der Waals surface area contributed by atoms with Crippen LogP contribution in [0.15, 0.2) is 36.4 Å². The second kappa shape index (κ2) is 8.67. The van der Waals surface area contributed by atoms with Gasteiger partial charge < -0.3 is 24.6 Å². The molecule has 0 spiro atoms. The van der Waals surface area contributed by atoms with E-state index in [-0.39, 0.29) is 30.4 Å². The molecule has 31 heavy (non-hydrogen) atoms. The Labute approximate surface area is 186 Å². The van der Waals surface area contributed by atoms with Crippen molar-refractivity contribution < 1.29 is 19.1 Å².